The van der Waals surface area contributed by atoms with Gasteiger partial charge in [-0.2, -0.15) is 11.3 Å². The van der Waals surface area contributed by atoms with Crippen molar-refractivity contribution in [3.05, 3.63) is 57.2 Å². The Kier molecular flexibility index (Phi) is 6.55. The Morgan fingerprint density at radius 2 is 2.07 bits per heavy atom. The summed E-state index contributed by atoms with van der Waals surface area (Å²) in [6.45, 7) is 2.02. The lowest BCUT2D eigenvalue weighted by Gasteiger charge is -2.29. The van der Waals surface area contributed by atoms with Crippen LogP contribution >= 0.6 is 22.9 Å². The molecule has 144 valence electrons. The van der Waals surface area contributed by atoms with E-state index in [0.717, 1.165) is 18.4 Å². The van der Waals surface area contributed by atoms with E-state index in [-0.39, 0.29) is 23.4 Å². The summed E-state index contributed by atoms with van der Waals surface area (Å²) in [5.74, 6) is 0.101. The van der Waals surface area contributed by atoms with Gasteiger partial charge in [0.2, 0.25) is 11.8 Å². The van der Waals surface area contributed by atoms with E-state index >= 15 is 0 Å². The Balaban J connectivity index is 1.55. The first-order chi connectivity index (χ1) is 12.9. The summed E-state index contributed by atoms with van der Waals surface area (Å²) < 4.78 is 0. The zero-order chi connectivity index (χ0) is 19.3. The summed E-state index contributed by atoms with van der Waals surface area (Å²) in [6.07, 6.45) is 3.87. The Morgan fingerprint density at radius 1 is 1.30 bits per heavy atom. The summed E-state index contributed by atoms with van der Waals surface area (Å²) in [4.78, 5) is 24.3. The van der Waals surface area contributed by atoms with Crippen LogP contribution in [-0.2, 0) is 22.4 Å². The van der Waals surface area contributed by atoms with Crippen LogP contribution in [-0.4, -0.2) is 23.4 Å². The van der Waals surface area contributed by atoms with E-state index in [1.54, 1.807) is 11.3 Å². The summed E-state index contributed by atoms with van der Waals surface area (Å²) in [5.41, 5.74) is 2.02. The molecule has 0 bridgehead atoms. The van der Waals surface area contributed by atoms with Crippen LogP contribution in [0.15, 0.2) is 41.1 Å². The monoisotopic (exact) mass is 404 g/mol. The normalized spacial score (nSPS) is 20.3. The Morgan fingerprint density at radius 3 is 2.70 bits per heavy atom. The number of hydrogen-bond donors (Lipinski definition) is 2. The molecular formula is C21H25ClN2O2S. The first kappa shape index (κ1) is 19.9. The molecule has 27 heavy (non-hydrogen) atoms. The fourth-order valence-electron chi connectivity index (χ4n) is 3.69. The molecule has 3 rings (SSSR count). The van der Waals surface area contributed by atoms with Gasteiger partial charge in [-0.25, -0.2) is 0 Å². The number of benzene rings is 1. The highest BCUT2D eigenvalue weighted by Crippen LogP contribution is 2.30. The molecule has 1 aliphatic rings. The van der Waals surface area contributed by atoms with Crippen molar-refractivity contribution in [2.45, 2.75) is 57.0 Å². The van der Waals surface area contributed by atoms with Crippen LogP contribution in [0.1, 0.15) is 43.7 Å². The zero-order valence-corrected chi connectivity index (χ0v) is 17.0. The van der Waals surface area contributed by atoms with Crippen molar-refractivity contribution >= 4 is 34.8 Å². The Bertz CT molecular complexity index is 776. The lowest BCUT2D eigenvalue weighted by atomic mass is 9.85. The number of amides is 2. The molecule has 6 heteroatoms. The van der Waals surface area contributed by atoms with E-state index in [1.807, 2.05) is 36.6 Å². The van der Waals surface area contributed by atoms with Gasteiger partial charge in [0.1, 0.15) is 0 Å². The maximum atomic E-state index is 12.4. The van der Waals surface area contributed by atoms with E-state index < -0.39 is 0 Å². The number of carbonyl (C=O) groups excluding carboxylic acids is 2. The molecule has 1 aliphatic heterocycles. The summed E-state index contributed by atoms with van der Waals surface area (Å²) in [6, 6.07) is 9.87. The van der Waals surface area contributed by atoms with Gasteiger partial charge in [-0.15, -0.1) is 0 Å². The van der Waals surface area contributed by atoms with Crippen molar-refractivity contribution < 1.29 is 9.59 Å². The molecule has 1 fully saturated rings. The molecule has 0 radical (unpaired) electrons. The van der Waals surface area contributed by atoms with Crippen LogP contribution in [0.25, 0.3) is 0 Å². The van der Waals surface area contributed by atoms with Crippen LogP contribution in [0.2, 0.25) is 5.02 Å². The number of halogens is 1. The number of thiophene rings is 1. The molecule has 1 saturated heterocycles. The third-order valence-corrected chi connectivity index (χ3v) is 6.03. The highest BCUT2D eigenvalue weighted by Gasteiger charge is 2.37. The van der Waals surface area contributed by atoms with Gasteiger partial charge in [0, 0.05) is 29.4 Å². The number of carbonyl (C=O) groups is 2. The van der Waals surface area contributed by atoms with Crippen LogP contribution in [0.4, 0.5) is 0 Å². The molecular weight excluding hydrogens is 380 g/mol. The van der Waals surface area contributed by atoms with Crippen LogP contribution in [0.3, 0.4) is 0 Å². The van der Waals surface area contributed by atoms with E-state index in [4.69, 9.17) is 11.6 Å². The van der Waals surface area contributed by atoms with Gasteiger partial charge >= 0.3 is 0 Å². The summed E-state index contributed by atoms with van der Waals surface area (Å²) >= 11 is 7.63. The first-order valence-corrected chi connectivity index (χ1v) is 10.6. The quantitative estimate of drug-likeness (QED) is 0.695. The molecule has 0 aliphatic carbocycles. The minimum absolute atomic E-state index is 0.0364. The fraction of sp³-hybridized carbons (Fsp3) is 0.429. The smallest absolute Gasteiger partial charge is 0.220 e. The van der Waals surface area contributed by atoms with Gasteiger partial charge in [-0.3, -0.25) is 9.59 Å². The minimum Gasteiger partial charge on any atom is -0.353 e. The van der Waals surface area contributed by atoms with E-state index in [9.17, 15) is 9.59 Å². The van der Waals surface area contributed by atoms with Crippen LogP contribution in [0.5, 0.6) is 0 Å². The van der Waals surface area contributed by atoms with Gasteiger partial charge in [0.25, 0.3) is 0 Å². The number of rotatable bonds is 8. The van der Waals surface area contributed by atoms with Crippen LogP contribution < -0.4 is 10.6 Å². The van der Waals surface area contributed by atoms with E-state index in [1.165, 1.54) is 5.56 Å². The number of nitrogens with one attached hydrogen (secondary N) is 2. The predicted molar refractivity (Wildman–Crippen MR) is 110 cm³/mol. The molecule has 4 nitrogen and oxygen atoms in total. The average molecular weight is 405 g/mol. The average Bonchev–Trinajstić information content (AvgIpc) is 3.25. The highest BCUT2D eigenvalue weighted by atomic mass is 35.5. The fourth-order valence-corrected chi connectivity index (χ4v) is 4.50. The lowest BCUT2D eigenvalue weighted by molar-refractivity contribution is -0.123. The van der Waals surface area contributed by atoms with Gasteiger partial charge in [0.05, 0.1) is 0 Å². The SMILES string of the molecule is C[C@H](Cc1ccsc1)NC(=O)CC[C@]1(Cc2ccc(Cl)cc2)CCC(=O)N1. The molecule has 1 aromatic heterocycles. The van der Waals surface area contributed by atoms with E-state index in [0.29, 0.717) is 30.7 Å². The van der Waals surface area contributed by atoms with Gasteiger partial charge in [-0.05, 0) is 72.7 Å². The topological polar surface area (TPSA) is 58.2 Å². The van der Waals surface area contributed by atoms with Crippen molar-refractivity contribution in [3.63, 3.8) is 0 Å². The maximum Gasteiger partial charge on any atom is 0.220 e. The van der Waals surface area contributed by atoms with Crippen molar-refractivity contribution in [1.82, 2.24) is 10.6 Å². The van der Waals surface area contributed by atoms with E-state index in [2.05, 4.69) is 22.1 Å². The van der Waals surface area contributed by atoms with Gasteiger partial charge < -0.3 is 10.6 Å². The Hall–Kier alpha value is -1.85. The van der Waals surface area contributed by atoms with Crippen LogP contribution in [0, 0.1) is 0 Å². The maximum absolute atomic E-state index is 12.4. The molecule has 2 heterocycles. The molecule has 2 N–H and O–H groups in total. The molecule has 0 unspecified atom stereocenters. The van der Waals surface area contributed by atoms with Gasteiger partial charge in [-0.1, -0.05) is 23.7 Å². The van der Waals surface area contributed by atoms with Crippen molar-refractivity contribution in [1.29, 1.82) is 0 Å². The summed E-state index contributed by atoms with van der Waals surface area (Å²) in [7, 11) is 0. The van der Waals surface area contributed by atoms with Crippen molar-refractivity contribution in [2.24, 2.45) is 0 Å². The third-order valence-electron chi connectivity index (χ3n) is 5.05. The lowest BCUT2D eigenvalue weighted by Crippen LogP contribution is -2.45. The minimum atomic E-state index is -0.348. The van der Waals surface area contributed by atoms with Gasteiger partial charge in [0.15, 0.2) is 0 Å². The molecule has 2 amide bonds. The number of hydrogen-bond acceptors (Lipinski definition) is 3. The molecule has 1 aromatic carbocycles. The second-order valence-electron chi connectivity index (χ2n) is 7.44. The first-order valence-electron chi connectivity index (χ1n) is 9.30. The molecule has 2 atom stereocenters. The highest BCUT2D eigenvalue weighted by molar-refractivity contribution is 7.07. The third kappa shape index (κ3) is 5.81. The molecule has 0 spiro atoms. The van der Waals surface area contributed by atoms with Crippen molar-refractivity contribution in [3.8, 4) is 0 Å². The molecule has 0 saturated carbocycles. The zero-order valence-electron chi connectivity index (χ0n) is 15.5. The van der Waals surface area contributed by atoms with Crippen molar-refractivity contribution in [2.75, 3.05) is 0 Å². The largest absolute Gasteiger partial charge is 0.353 e. The molecule has 2 aromatic rings. The summed E-state index contributed by atoms with van der Waals surface area (Å²) in [5, 5.41) is 11.1. The standard InChI is InChI=1S/C21H25ClN2O2S/c1-15(12-17-8-11-27-14-17)23-19(25)6-9-21(10-7-20(26)24-21)13-16-2-4-18(22)5-3-16/h2-5,8,11,14-15H,6-7,9-10,12-13H2,1H3,(H,23,25)(H,24,26)/t15-,21-/m1/s1. The predicted octanol–water partition coefficient (Wildman–Crippen LogP) is 4.12. The second kappa shape index (κ2) is 8.89. The Labute approximate surface area is 169 Å². The second-order valence-corrected chi connectivity index (χ2v) is 8.65.